The number of aromatic amines is 2. The fourth-order valence-electron chi connectivity index (χ4n) is 8.20. The monoisotopic (exact) mass is 658 g/mol. The van der Waals surface area contributed by atoms with Crippen LogP contribution in [0.3, 0.4) is 0 Å². The Morgan fingerprint density at radius 1 is 0.520 bits per heavy atom. The molecule has 2 unspecified atom stereocenters. The maximum Gasteiger partial charge on any atom is 0.121 e. The van der Waals surface area contributed by atoms with Gasteiger partial charge in [-0.2, -0.15) is 0 Å². The quantitative estimate of drug-likeness (QED) is 0.153. The number of fused-ring (bicyclic) bond motifs is 4. The molecule has 9 rings (SSSR count). The highest BCUT2D eigenvalue weighted by Gasteiger charge is 2.30. The third-order valence-electron chi connectivity index (χ3n) is 10.6. The van der Waals surface area contributed by atoms with Crippen LogP contribution < -0.4 is 0 Å². The van der Waals surface area contributed by atoms with Gasteiger partial charge in [-0.05, 0) is 97.2 Å². The molecule has 4 aromatic heterocycles. The average Bonchev–Trinajstić information content (AvgIpc) is 3.78. The van der Waals surface area contributed by atoms with E-state index in [4.69, 9.17) is 19.9 Å². The molecule has 3 aromatic carbocycles. The van der Waals surface area contributed by atoms with Crippen LogP contribution in [0.1, 0.15) is 83.1 Å². The van der Waals surface area contributed by atoms with E-state index in [0.29, 0.717) is 0 Å². The third kappa shape index (κ3) is 6.32. The van der Waals surface area contributed by atoms with Gasteiger partial charge in [-0.1, -0.05) is 60.7 Å². The first-order valence-corrected chi connectivity index (χ1v) is 18.0. The second kappa shape index (κ2) is 13.6. The maximum atomic E-state index is 4.96. The Morgan fingerprint density at radius 3 is 1.44 bits per heavy atom. The predicted octanol–water partition coefficient (Wildman–Crippen LogP) is 8.39. The summed E-state index contributed by atoms with van der Waals surface area (Å²) in [6, 6.07) is 35.0. The standard InChI is InChI=1S/C42H42N8/c1-2-14-34-33(13-1)45-39(46-34)27-49(37-17-5-9-31-11-7-23-43-41(31)37)25-29-19-21-30(22-20-29)26-50(28-40-47-35-15-3-4-16-36(35)48-40)38-18-6-10-32-12-8-24-44-42(32)38/h1-4,7-8,11-16,19-24,37-38H,5-6,9-10,17-18,25-28H2,(H,45,46)(H,47,48). The summed E-state index contributed by atoms with van der Waals surface area (Å²) in [5.41, 5.74) is 11.9. The van der Waals surface area contributed by atoms with Crippen molar-refractivity contribution in [1.29, 1.82) is 0 Å². The van der Waals surface area contributed by atoms with Gasteiger partial charge in [0.25, 0.3) is 0 Å². The molecule has 0 saturated carbocycles. The molecule has 2 aliphatic rings. The van der Waals surface area contributed by atoms with Gasteiger partial charge in [-0.3, -0.25) is 19.8 Å². The van der Waals surface area contributed by atoms with E-state index in [1.165, 1.54) is 46.5 Å². The van der Waals surface area contributed by atoms with Gasteiger partial charge in [0.05, 0.1) is 58.6 Å². The Hall–Kier alpha value is -5.18. The van der Waals surface area contributed by atoms with E-state index in [9.17, 15) is 0 Å². The van der Waals surface area contributed by atoms with Crippen LogP contribution in [-0.4, -0.2) is 39.7 Å². The summed E-state index contributed by atoms with van der Waals surface area (Å²) in [4.78, 5) is 32.0. The second-order valence-electron chi connectivity index (χ2n) is 13.9. The van der Waals surface area contributed by atoms with E-state index in [2.05, 4.69) is 117 Å². The van der Waals surface area contributed by atoms with Crippen molar-refractivity contribution in [2.45, 2.75) is 76.8 Å². The minimum Gasteiger partial charge on any atom is -0.341 e. The number of rotatable bonds is 10. The first-order valence-electron chi connectivity index (χ1n) is 18.0. The van der Waals surface area contributed by atoms with E-state index < -0.39 is 0 Å². The number of hydrogen-bond acceptors (Lipinski definition) is 6. The number of hydrogen-bond donors (Lipinski definition) is 2. The number of aromatic nitrogens is 6. The first kappa shape index (κ1) is 30.8. The molecular formula is C42H42N8. The van der Waals surface area contributed by atoms with Crippen LogP contribution in [0.15, 0.2) is 109 Å². The van der Waals surface area contributed by atoms with E-state index in [0.717, 1.165) is 85.6 Å². The summed E-state index contributed by atoms with van der Waals surface area (Å²) in [7, 11) is 0. The van der Waals surface area contributed by atoms with E-state index in [1.807, 2.05) is 12.4 Å². The van der Waals surface area contributed by atoms with Crippen molar-refractivity contribution in [3.05, 3.63) is 155 Å². The summed E-state index contributed by atoms with van der Waals surface area (Å²) >= 11 is 0. The number of H-pyrrole nitrogens is 2. The highest BCUT2D eigenvalue weighted by atomic mass is 15.2. The lowest BCUT2D eigenvalue weighted by molar-refractivity contribution is 0.152. The lowest BCUT2D eigenvalue weighted by Crippen LogP contribution is -2.32. The number of benzene rings is 3. The fraction of sp³-hybridized carbons (Fsp3) is 0.286. The molecule has 50 heavy (non-hydrogen) atoms. The van der Waals surface area contributed by atoms with E-state index >= 15 is 0 Å². The molecule has 2 N–H and O–H groups in total. The molecule has 250 valence electrons. The molecule has 8 heteroatoms. The van der Waals surface area contributed by atoms with Crippen LogP contribution in [0.2, 0.25) is 0 Å². The normalized spacial score (nSPS) is 17.4. The van der Waals surface area contributed by atoms with Gasteiger partial charge in [-0.25, -0.2) is 9.97 Å². The minimum absolute atomic E-state index is 0.242. The molecule has 0 spiro atoms. The molecule has 8 nitrogen and oxygen atoms in total. The zero-order valence-electron chi connectivity index (χ0n) is 28.3. The van der Waals surface area contributed by atoms with Crippen molar-refractivity contribution in [2.24, 2.45) is 0 Å². The third-order valence-corrected chi connectivity index (χ3v) is 10.6. The first-order chi connectivity index (χ1) is 24.7. The summed E-state index contributed by atoms with van der Waals surface area (Å²) < 4.78 is 0. The molecule has 4 heterocycles. The summed E-state index contributed by atoms with van der Waals surface area (Å²) in [5.74, 6) is 1.99. The van der Waals surface area contributed by atoms with Crippen molar-refractivity contribution >= 4 is 22.1 Å². The topological polar surface area (TPSA) is 89.6 Å². The Morgan fingerprint density at radius 2 is 0.980 bits per heavy atom. The van der Waals surface area contributed by atoms with Crippen LogP contribution in [0.25, 0.3) is 22.1 Å². The van der Waals surface area contributed by atoms with Gasteiger partial charge in [-0.15, -0.1) is 0 Å². The van der Waals surface area contributed by atoms with Crippen molar-refractivity contribution in [1.82, 2.24) is 39.7 Å². The van der Waals surface area contributed by atoms with Gasteiger partial charge in [0, 0.05) is 25.5 Å². The Balaban J connectivity index is 0.991. The molecule has 0 radical (unpaired) electrons. The fourth-order valence-corrected chi connectivity index (χ4v) is 8.20. The number of imidazole rings is 2. The average molecular weight is 659 g/mol. The molecule has 0 saturated heterocycles. The largest absolute Gasteiger partial charge is 0.341 e. The van der Waals surface area contributed by atoms with Crippen LogP contribution in [-0.2, 0) is 39.0 Å². The number of pyridine rings is 2. The molecule has 7 aromatic rings. The zero-order valence-corrected chi connectivity index (χ0v) is 28.3. The number of nitrogens with zero attached hydrogens (tertiary/aromatic N) is 6. The van der Waals surface area contributed by atoms with Gasteiger partial charge in [0.2, 0.25) is 0 Å². The maximum absolute atomic E-state index is 4.96. The Bertz CT molecular complexity index is 2010. The van der Waals surface area contributed by atoms with Crippen molar-refractivity contribution in [3.63, 3.8) is 0 Å². The van der Waals surface area contributed by atoms with E-state index in [-0.39, 0.29) is 12.1 Å². The smallest absolute Gasteiger partial charge is 0.121 e. The zero-order chi connectivity index (χ0) is 33.3. The molecule has 0 aliphatic heterocycles. The lowest BCUT2D eigenvalue weighted by Gasteiger charge is -2.35. The lowest BCUT2D eigenvalue weighted by atomic mass is 9.90. The molecular weight excluding hydrogens is 617 g/mol. The van der Waals surface area contributed by atoms with Gasteiger partial charge >= 0.3 is 0 Å². The van der Waals surface area contributed by atoms with Gasteiger partial charge in [0.1, 0.15) is 11.6 Å². The predicted molar refractivity (Wildman–Crippen MR) is 197 cm³/mol. The van der Waals surface area contributed by atoms with E-state index in [1.54, 1.807) is 0 Å². The highest BCUT2D eigenvalue weighted by molar-refractivity contribution is 5.75. The van der Waals surface area contributed by atoms with Crippen molar-refractivity contribution in [3.8, 4) is 0 Å². The van der Waals surface area contributed by atoms with Crippen LogP contribution in [0, 0.1) is 0 Å². The number of para-hydroxylation sites is 4. The summed E-state index contributed by atoms with van der Waals surface area (Å²) in [5, 5.41) is 0. The van der Waals surface area contributed by atoms with Gasteiger partial charge < -0.3 is 9.97 Å². The Kier molecular flexibility index (Phi) is 8.40. The minimum atomic E-state index is 0.242. The van der Waals surface area contributed by atoms with Crippen LogP contribution in [0.4, 0.5) is 0 Å². The summed E-state index contributed by atoms with van der Waals surface area (Å²) in [6.07, 6.45) is 10.6. The Labute approximate surface area is 292 Å². The van der Waals surface area contributed by atoms with Crippen LogP contribution >= 0.6 is 0 Å². The summed E-state index contributed by atoms with van der Waals surface area (Å²) in [6.45, 7) is 3.11. The molecule has 0 bridgehead atoms. The van der Waals surface area contributed by atoms with Gasteiger partial charge in [0.15, 0.2) is 0 Å². The second-order valence-corrected chi connectivity index (χ2v) is 13.9. The number of nitrogens with one attached hydrogen (secondary N) is 2. The van der Waals surface area contributed by atoms with Crippen LogP contribution in [0.5, 0.6) is 0 Å². The molecule has 2 atom stereocenters. The SMILES string of the molecule is c1cnc2c(c1)CCCC2N(Cc1ccc(CN(Cc2nc3ccccc3[nH]2)C2CCCc3cccnc32)cc1)Cc1nc2ccccc2[nH]1. The van der Waals surface area contributed by atoms with Crippen molar-refractivity contribution < 1.29 is 0 Å². The highest BCUT2D eigenvalue weighted by Crippen LogP contribution is 2.36. The molecule has 0 amide bonds. The number of aryl methyl sites for hydroxylation is 2. The molecule has 0 fully saturated rings. The van der Waals surface area contributed by atoms with Crippen molar-refractivity contribution in [2.75, 3.05) is 0 Å². The molecule has 2 aliphatic carbocycles.